The molecular formula is C15H16N4OS2. The van der Waals surface area contributed by atoms with Crippen molar-refractivity contribution in [3.05, 3.63) is 46.5 Å². The number of aromatic nitrogens is 3. The van der Waals surface area contributed by atoms with Gasteiger partial charge in [-0.3, -0.25) is 4.79 Å². The Morgan fingerprint density at radius 3 is 3.05 bits per heavy atom. The van der Waals surface area contributed by atoms with Gasteiger partial charge in [-0.05, 0) is 19.1 Å². The van der Waals surface area contributed by atoms with Crippen LogP contribution in [0.4, 0.5) is 0 Å². The number of imidazole rings is 1. The summed E-state index contributed by atoms with van der Waals surface area (Å²) in [5, 5.41) is 2.03. The number of nitrogens with zero attached hydrogens (tertiary/aromatic N) is 3. The number of para-hydroxylation sites is 2. The van der Waals surface area contributed by atoms with Crippen molar-refractivity contribution in [1.82, 2.24) is 14.5 Å². The first-order valence-corrected chi connectivity index (χ1v) is 8.80. The molecule has 1 unspecified atom stereocenters. The SMILES string of the molecule is CC(SCC(=O)N=c1sccn1C)c1nc2ccccc2[nH]1. The second kappa shape index (κ2) is 6.50. The van der Waals surface area contributed by atoms with Crippen LogP contribution in [0.1, 0.15) is 18.0 Å². The first-order chi connectivity index (χ1) is 10.6. The van der Waals surface area contributed by atoms with Gasteiger partial charge in [0.2, 0.25) is 0 Å². The molecule has 1 aromatic carbocycles. The van der Waals surface area contributed by atoms with Crippen molar-refractivity contribution < 1.29 is 4.79 Å². The summed E-state index contributed by atoms with van der Waals surface area (Å²) in [6.45, 7) is 2.04. The highest BCUT2D eigenvalue weighted by molar-refractivity contribution is 8.00. The van der Waals surface area contributed by atoms with Gasteiger partial charge in [0.05, 0.1) is 22.0 Å². The number of amides is 1. The van der Waals surface area contributed by atoms with Gasteiger partial charge in [-0.2, -0.15) is 4.99 Å². The molecule has 3 aromatic rings. The van der Waals surface area contributed by atoms with Crippen molar-refractivity contribution in [1.29, 1.82) is 0 Å². The van der Waals surface area contributed by atoms with Crippen molar-refractivity contribution in [2.75, 3.05) is 5.75 Å². The minimum atomic E-state index is -0.119. The number of fused-ring (bicyclic) bond motifs is 1. The number of rotatable bonds is 4. The molecule has 0 aliphatic heterocycles. The van der Waals surface area contributed by atoms with E-state index in [4.69, 9.17) is 0 Å². The summed E-state index contributed by atoms with van der Waals surface area (Å²) in [4.78, 5) is 24.6. The fraction of sp³-hybridized carbons (Fsp3) is 0.267. The molecule has 2 heterocycles. The third kappa shape index (κ3) is 3.31. The normalized spacial score (nSPS) is 13.6. The Bertz CT molecular complexity index is 828. The van der Waals surface area contributed by atoms with Gasteiger partial charge in [0.15, 0.2) is 4.80 Å². The minimum absolute atomic E-state index is 0.114. The van der Waals surface area contributed by atoms with Crippen LogP contribution in [0.2, 0.25) is 0 Å². The summed E-state index contributed by atoms with van der Waals surface area (Å²) < 4.78 is 1.84. The summed E-state index contributed by atoms with van der Waals surface area (Å²) in [6.07, 6.45) is 1.89. The Morgan fingerprint density at radius 1 is 1.50 bits per heavy atom. The lowest BCUT2D eigenvalue weighted by molar-refractivity contribution is -0.115. The maximum atomic E-state index is 11.9. The van der Waals surface area contributed by atoms with Crippen LogP contribution in [0.3, 0.4) is 0 Å². The number of H-pyrrole nitrogens is 1. The van der Waals surface area contributed by atoms with E-state index in [0.29, 0.717) is 5.75 Å². The molecule has 0 bridgehead atoms. The van der Waals surface area contributed by atoms with Gasteiger partial charge in [-0.15, -0.1) is 23.1 Å². The molecule has 0 aliphatic carbocycles. The second-order valence-electron chi connectivity index (χ2n) is 4.89. The van der Waals surface area contributed by atoms with Crippen molar-refractivity contribution in [2.24, 2.45) is 12.0 Å². The van der Waals surface area contributed by atoms with Gasteiger partial charge in [-0.1, -0.05) is 12.1 Å². The average molecular weight is 332 g/mol. The molecule has 0 spiro atoms. The Morgan fingerprint density at radius 2 is 2.32 bits per heavy atom. The Kier molecular flexibility index (Phi) is 4.44. The highest BCUT2D eigenvalue weighted by atomic mass is 32.2. The number of nitrogens with one attached hydrogen (secondary N) is 1. The summed E-state index contributed by atoms with van der Waals surface area (Å²) in [6, 6.07) is 7.92. The van der Waals surface area contributed by atoms with Crippen LogP contribution in [0.25, 0.3) is 11.0 Å². The molecule has 0 aliphatic rings. The number of thiazole rings is 1. The van der Waals surface area contributed by atoms with Crippen LogP contribution >= 0.6 is 23.1 Å². The quantitative estimate of drug-likeness (QED) is 0.799. The molecule has 1 atom stereocenters. The zero-order valence-corrected chi connectivity index (χ0v) is 13.9. The lowest BCUT2D eigenvalue weighted by Gasteiger charge is -2.05. The van der Waals surface area contributed by atoms with Crippen molar-refractivity contribution in [2.45, 2.75) is 12.2 Å². The summed E-state index contributed by atoms with van der Waals surface area (Å²) in [5.74, 6) is 1.11. The molecule has 3 rings (SSSR count). The number of aromatic amines is 1. The maximum Gasteiger partial charge on any atom is 0.258 e. The molecule has 22 heavy (non-hydrogen) atoms. The van der Waals surface area contributed by atoms with E-state index in [1.807, 2.05) is 54.4 Å². The van der Waals surface area contributed by atoms with Gasteiger partial charge >= 0.3 is 0 Å². The van der Waals surface area contributed by atoms with E-state index in [-0.39, 0.29) is 11.2 Å². The largest absolute Gasteiger partial charge is 0.341 e. The topological polar surface area (TPSA) is 63.0 Å². The number of benzene rings is 1. The van der Waals surface area contributed by atoms with Crippen LogP contribution in [-0.4, -0.2) is 26.2 Å². The van der Waals surface area contributed by atoms with Crippen LogP contribution in [-0.2, 0) is 11.8 Å². The molecule has 1 amide bonds. The van der Waals surface area contributed by atoms with Crippen LogP contribution in [0.5, 0.6) is 0 Å². The van der Waals surface area contributed by atoms with E-state index < -0.39 is 0 Å². The van der Waals surface area contributed by atoms with E-state index in [9.17, 15) is 4.79 Å². The standard InChI is InChI=1S/C15H16N4OS2/c1-10(14-16-11-5-3-4-6-12(11)17-14)22-9-13(20)18-15-19(2)7-8-21-15/h3-8,10H,9H2,1-2H3,(H,16,17). The molecule has 2 aromatic heterocycles. The fourth-order valence-electron chi connectivity index (χ4n) is 2.01. The zero-order valence-electron chi connectivity index (χ0n) is 12.3. The van der Waals surface area contributed by atoms with Crippen molar-refractivity contribution >= 4 is 40.0 Å². The molecule has 0 radical (unpaired) electrons. The number of aryl methyl sites for hydroxylation is 1. The maximum absolute atomic E-state index is 11.9. The number of carbonyl (C=O) groups excluding carboxylic acids is 1. The number of thioether (sulfide) groups is 1. The molecule has 0 fully saturated rings. The monoisotopic (exact) mass is 332 g/mol. The van der Waals surface area contributed by atoms with E-state index >= 15 is 0 Å². The van der Waals surface area contributed by atoms with Gasteiger partial charge in [0.25, 0.3) is 5.91 Å². The highest BCUT2D eigenvalue weighted by Crippen LogP contribution is 2.27. The van der Waals surface area contributed by atoms with Crippen LogP contribution in [0, 0.1) is 0 Å². The zero-order chi connectivity index (χ0) is 15.5. The molecular weight excluding hydrogens is 316 g/mol. The molecule has 114 valence electrons. The van der Waals surface area contributed by atoms with Gasteiger partial charge in [0, 0.05) is 18.6 Å². The highest BCUT2D eigenvalue weighted by Gasteiger charge is 2.13. The Hall–Kier alpha value is -1.86. The molecule has 0 saturated heterocycles. The van der Waals surface area contributed by atoms with E-state index in [0.717, 1.165) is 21.7 Å². The third-order valence-electron chi connectivity index (χ3n) is 3.23. The molecule has 7 heteroatoms. The predicted octanol–water partition coefficient (Wildman–Crippen LogP) is 2.88. The summed E-state index contributed by atoms with van der Waals surface area (Å²) in [5.41, 5.74) is 1.97. The van der Waals surface area contributed by atoms with Crippen LogP contribution in [0.15, 0.2) is 40.8 Å². The van der Waals surface area contributed by atoms with E-state index in [1.54, 1.807) is 0 Å². The smallest absolute Gasteiger partial charge is 0.258 e. The lowest BCUT2D eigenvalue weighted by Crippen LogP contribution is -2.13. The number of hydrogen-bond donors (Lipinski definition) is 1. The first kappa shape index (κ1) is 15.1. The van der Waals surface area contributed by atoms with E-state index in [1.165, 1.54) is 23.1 Å². The Balaban J connectivity index is 1.66. The number of hydrogen-bond acceptors (Lipinski definition) is 4. The van der Waals surface area contributed by atoms with Crippen molar-refractivity contribution in [3.8, 4) is 0 Å². The molecule has 5 nitrogen and oxygen atoms in total. The lowest BCUT2D eigenvalue weighted by atomic mass is 10.3. The fourth-order valence-corrected chi connectivity index (χ4v) is 3.49. The third-order valence-corrected chi connectivity index (χ3v) is 5.21. The predicted molar refractivity (Wildman–Crippen MR) is 90.8 cm³/mol. The van der Waals surface area contributed by atoms with Gasteiger partial charge in [-0.25, -0.2) is 4.98 Å². The first-order valence-electron chi connectivity index (χ1n) is 6.87. The Labute approximate surface area is 136 Å². The molecule has 1 N–H and O–H groups in total. The molecule has 0 saturated carbocycles. The van der Waals surface area contributed by atoms with Gasteiger partial charge in [0.1, 0.15) is 5.82 Å². The van der Waals surface area contributed by atoms with Crippen molar-refractivity contribution in [3.63, 3.8) is 0 Å². The van der Waals surface area contributed by atoms with E-state index in [2.05, 4.69) is 15.0 Å². The second-order valence-corrected chi connectivity index (χ2v) is 7.10. The average Bonchev–Trinajstić information content (AvgIpc) is 3.11. The summed E-state index contributed by atoms with van der Waals surface area (Å²) >= 11 is 3.00. The minimum Gasteiger partial charge on any atom is -0.341 e. The number of carbonyl (C=O) groups is 1. The van der Waals surface area contributed by atoms with Crippen LogP contribution < -0.4 is 4.80 Å². The summed E-state index contributed by atoms with van der Waals surface area (Å²) in [7, 11) is 1.88. The van der Waals surface area contributed by atoms with Gasteiger partial charge < -0.3 is 9.55 Å².